The number of carbonyl (C=O) groups excluding carboxylic acids is 1. The molecule has 1 unspecified atom stereocenters. The molecule has 0 aliphatic rings. The van der Waals surface area contributed by atoms with Gasteiger partial charge in [-0.2, -0.15) is 0 Å². The lowest BCUT2D eigenvalue weighted by Crippen LogP contribution is -2.55. The number of hydrogen-bond acceptors (Lipinski definition) is 3. The van der Waals surface area contributed by atoms with Crippen molar-refractivity contribution in [2.75, 3.05) is 7.11 Å². The summed E-state index contributed by atoms with van der Waals surface area (Å²) < 4.78 is 5.19. The average Bonchev–Trinajstić information content (AvgIpc) is 2.01. The first-order chi connectivity index (χ1) is 6.60. The molecule has 0 spiro atoms. The maximum atomic E-state index is 11.7. The van der Waals surface area contributed by atoms with E-state index in [0.717, 1.165) is 0 Å². The molecule has 0 aromatic rings. The molecular weight excluding hydrogens is 192 g/mol. The minimum atomic E-state index is -0.433. The van der Waals surface area contributed by atoms with Crippen molar-refractivity contribution in [2.24, 2.45) is 5.73 Å². The Morgan fingerprint density at radius 2 is 1.87 bits per heavy atom. The maximum absolute atomic E-state index is 11.7. The molecule has 0 radical (unpaired) electrons. The molecule has 0 aromatic carbocycles. The monoisotopic (exact) mass is 216 g/mol. The molecule has 0 saturated heterocycles. The highest BCUT2D eigenvalue weighted by atomic mass is 16.5. The summed E-state index contributed by atoms with van der Waals surface area (Å²) in [6.07, 6.45) is 0.333. The van der Waals surface area contributed by atoms with Gasteiger partial charge in [0, 0.05) is 18.7 Å². The number of carbonyl (C=O) groups is 1. The molecule has 4 nitrogen and oxygen atoms in total. The normalized spacial score (nSPS) is 14.9. The molecule has 0 heterocycles. The van der Waals surface area contributed by atoms with Gasteiger partial charge in [-0.05, 0) is 34.6 Å². The molecule has 1 amide bonds. The number of nitrogens with one attached hydrogen (secondary N) is 1. The second-order valence-electron chi connectivity index (χ2n) is 5.20. The van der Waals surface area contributed by atoms with Crippen LogP contribution < -0.4 is 11.1 Å². The predicted molar refractivity (Wildman–Crippen MR) is 61.6 cm³/mol. The van der Waals surface area contributed by atoms with Gasteiger partial charge in [0.05, 0.1) is 12.0 Å². The third kappa shape index (κ3) is 5.14. The summed E-state index contributed by atoms with van der Waals surface area (Å²) in [5, 5.41) is 2.90. The zero-order chi connectivity index (χ0) is 12.3. The summed E-state index contributed by atoms with van der Waals surface area (Å²) in [6.45, 7) is 9.46. The zero-order valence-electron chi connectivity index (χ0n) is 10.7. The summed E-state index contributed by atoms with van der Waals surface area (Å²) in [7, 11) is 1.60. The Labute approximate surface area is 92.6 Å². The van der Waals surface area contributed by atoms with Crippen molar-refractivity contribution in [3.8, 4) is 0 Å². The number of hydrogen-bond donors (Lipinski definition) is 2. The van der Waals surface area contributed by atoms with E-state index in [9.17, 15) is 4.79 Å². The van der Waals surface area contributed by atoms with Crippen molar-refractivity contribution in [3.63, 3.8) is 0 Å². The molecule has 0 aliphatic heterocycles. The topological polar surface area (TPSA) is 64.3 Å². The van der Waals surface area contributed by atoms with E-state index in [1.54, 1.807) is 7.11 Å². The lowest BCUT2D eigenvalue weighted by atomic mass is 9.95. The summed E-state index contributed by atoms with van der Waals surface area (Å²) in [5.74, 6) is -0.0378. The molecule has 0 saturated carbocycles. The fraction of sp³-hybridized carbons (Fsp3) is 0.909. The van der Waals surface area contributed by atoms with Crippen LogP contribution in [0.15, 0.2) is 0 Å². The highest BCUT2D eigenvalue weighted by molar-refractivity contribution is 5.77. The molecular formula is C11H24N2O2. The second kappa shape index (κ2) is 4.94. The van der Waals surface area contributed by atoms with Crippen LogP contribution in [-0.4, -0.2) is 30.2 Å². The van der Waals surface area contributed by atoms with Crippen LogP contribution in [0, 0.1) is 0 Å². The van der Waals surface area contributed by atoms with Gasteiger partial charge in [-0.25, -0.2) is 0 Å². The van der Waals surface area contributed by atoms with Crippen LogP contribution in [0.1, 0.15) is 41.0 Å². The smallest absolute Gasteiger partial charge is 0.223 e. The van der Waals surface area contributed by atoms with E-state index in [-0.39, 0.29) is 17.5 Å². The zero-order valence-corrected chi connectivity index (χ0v) is 10.7. The molecule has 0 fully saturated rings. The lowest BCUT2D eigenvalue weighted by molar-refractivity contribution is -0.127. The van der Waals surface area contributed by atoms with Gasteiger partial charge < -0.3 is 15.8 Å². The van der Waals surface area contributed by atoms with E-state index in [0.29, 0.717) is 6.42 Å². The van der Waals surface area contributed by atoms with Gasteiger partial charge in [0.15, 0.2) is 0 Å². The minimum Gasteiger partial charge on any atom is -0.378 e. The SMILES string of the molecule is COC(C)(C)CC(=O)NC(C)(C)C(C)N. The van der Waals surface area contributed by atoms with E-state index in [4.69, 9.17) is 10.5 Å². The number of rotatable bonds is 5. The average molecular weight is 216 g/mol. The number of ether oxygens (including phenoxy) is 1. The van der Waals surface area contributed by atoms with Crippen molar-refractivity contribution in [3.05, 3.63) is 0 Å². The summed E-state index contributed by atoms with van der Waals surface area (Å²) >= 11 is 0. The molecule has 0 rings (SSSR count). The van der Waals surface area contributed by atoms with Gasteiger partial charge >= 0.3 is 0 Å². The van der Waals surface area contributed by atoms with Gasteiger partial charge in [-0.3, -0.25) is 4.79 Å². The maximum Gasteiger partial charge on any atom is 0.223 e. The summed E-state index contributed by atoms with van der Waals surface area (Å²) in [5.41, 5.74) is 4.95. The van der Waals surface area contributed by atoms with E-state index in [2.05, 4.69) is 5.32 Å². The third-order valence-corrected chi connectivity index (χ3v) is 2.74. The summed E-state index contributed by atoms with van der Waals surface area (Å²) in [4.78, 5) is 11.7. The Kier molecular flexibility index (Phi) is 4.74. The number of amides is 1. The Balaban J connectivity index is 4.27. The van der Waals surface area contributed by atoms with Crippen LogP contribution in [-0.2, 0) is 9.53 Å². The number of methoxy groups -OCH3 is 1. The van der Waals surface area contributed by atoms with Gasteiger partial charge in [0.25, 0.3) is 0 Å². The molecule has 0 aromatic heterocycles. The molecule has 0 bridgehead atoms. The molecule has 0 aliphatic carbocycles. The molecule has 3 N–H and O–H groups in total. The predicted octanol–water partition coefficient (Wildman–Crippen LogP) is 1.04. The van der Waals surface area contributed by atoms with Crippen molar-refractivity contribution in [1.29, 1.82) is 0 Å². The fourth-order valence-electron chi connectivity index (χ4n) is 0.976. The highest BCUT2D eigenvalue weighted by Gasteiger charge is 2.28. The van der Waals surface area contributed by atoms with E-state index >= 15 is 0 Å². The minimum absolute atomic E-state index is 0.0378. The van der Waals surface area contributed by atoms with Gasteiger partial charge in [0.1, 0.15) is 0 Å². The van der Waals surface area contributed by atoms with Gasteiger partial charge in [-0.1, -0.05) is 0 Å². The van der Waals surface area contributed by atoms with Crippen molar-refractivity contribution < 1.29 is 9.53 Å². The van der Waals surface area contributed by atoms with Gasteiger partial charge in [0.2, 0.25) is 5.91 Å². The molecule has 15 heavy (non-hydrogen) atoms. The first-order valence-electron chi connectivity index (χ1n) is 5.22. The quantitative estimate of drug-likeness (QED) is 0.722. The fourth-order valence-corrected chi connectivity index (χ4v) is 0.976. The van der Waals surface area contributed by atoms with Crippen molar-refractivity contribution in [2.45, 2.75) is 58.2 Å². The summed E-state index contributed by atoms with van der Waals surface area (Å²) in [6, 6.07) is -0.0906. The van der Waals surface area contributed by atoms with Crippen molar-refractivity contribution >= 4 is 5.91 Å². The highest BCUT2D eigenvalue weighted by Crippen LogP contribution is 2.14. The Morgan fingerprint density at radius 3 is 2.20 bits per heavy atom. The standard InChI is InChI=1S/C11H24N2O2/c1-8(12)11(4,5)13-9(14)7-10(2,3)15-6/h8H,7,12H2,1-6H3,(H,13,14). The van der Waals surface area contributed by atoms with Crippen LogP contribution in [0.2, 0.25) is 0 Å². The Bertz CT molecular complexity index is 223. The lowest BCUT2D eigenvalue weighted by Gasteiger charge is -2.32. The van der Waals surface area contributed by atoms with Crippen LogP contribution in [0.4, 0.5) is 0 Å². The van der Waals surface area contributed by atoms with Gasteiger partial charge in [-0.15, -0.1) is 0 Å². The van der Waals surface area contributed by atoms with Crippen LogP contribution in [0.5, 0.6) is 0 Å². The molecule has 4 heteroatoms. The van der Waals surface area contributed by atoms with Crippen LogP contribution >= 0.6 is 0 Å². The van der Waals surface area contributed by atoms with E-state index in [1.807, 2.05) is 34.6 Å². The molecule has 1 atom stereocenters. The van der Waals surface area contributed by atoms with Crippen molar-refractivity contribution in [1.82, 2.24) is 5.32 Å². The third-order valence-electron chi connectivity index (χ3n) is 2.74. The first-order valence-corrected chi connectivity index (χ1v) is 5.22. The van der Waals surface area contributed by atoms with E-state index < -0.39 is 5.60 Å². The Morgan fingerprint density at radius 1 is 1.40 bits per heavy atom. The van der Waals surface area contributed by atoms with Crippen LogP contribution in [0.3, 0.4) is 0 Å². The Hall–Kier alpha value is -0.610. The first kappa shape index (κ1) is 14.4. The van der Waals surface area contributed by atoms with Crippen LogP contribution in [0.25, 0.3) is 0 Å². The molecule has 90 valence electrons. The largest absolute Gasteiger partial charge is 0.378 e. The second-order valence-corrected chi connectivity index (χ2v) is 5.20. The number of nitrogens with two attached hydrogens (primary N) is 1. The van der Waals surface area contributed by atoms with E-state index in [1.165, 1.54) is 0 Å².